The largest absolute Gasteiger partial charge is 0.368 e. The summed E-state index contributed by atoms with van der Waals surface area (Å²) in [4.78, 5) is 11.4. The molecule has 5 nitrogen and oxygen atoms in total. The van der Waals surface area contributed by atoms with E-state index in [1.807, 2.05) is 20.8 Å². The van der Waals surface area contributed by atoms with Crippen molar-refractivity contribution in [1.82, 2.24) is 5.32 Å². The number of hydrogen-bond acceptors (Lipinski definition) is 4. The van der Waals surface area contributed by atoms with Crippen molar-refractivity contribution in [2.75, 3.05) is 6.54 Å². The molecule has 0 bridgehead atoms. The zero-order valence-corrected chi connectivity index (χ0v) is 9.59. The van der Waals surface area contributed by atoms with Crippen LogP contribution in [0.2, 0.25) is 0 Å². The molecule has 0 aromatic rings. The Bertz CT molecular complexity index is 318. The highest BCUT2D eigenvalue weighted by atomic mass is 16.8. The highest BCUT2D eigenvalue weighted by Crippen LogP contribution is 2.44. The first-order valence-electron chi connectivity index (χ1n) is 5.13. The molecule has 2 aliphatic heterocycles. The van der Waals surface area contributed by atoms with Gasteiger partial charge < -0.3 is 15.2 Å². The van der Waals surface area contributed by atoms with E-state index in [0.717, 1.165) is 0 Å². The van der Waals surface area contributed by atoms with Gasteiger partial charge in [-0.3, -0.25) is 10.1 Å². The van der Waals surface area contributed by atoms with Gasteiger partial charge in [-0.1, -0.05) is 0 Å². The van der Waals surface area contributed by atoms with Gasteiger partial charge >= 0.3 is 0 Å². The topological polar surface area (TPSA) is 73.6 Å². The molecule has 15 heavy (non-hydrogen) atoms. The van der Waals surface area contributed by atoms with Gasteiger partial charge in [0.2, 0.25) is 5.91 Å². The number of nitrogens with one attached hydrogen (secondary N) is 1. The Morgan fingerprint density at radius 3 is 2.53 bits per heavy atom. The van der Waals surface area contributed by atoms with E-state index in [4.69, 9.17) is 15.2 Å². The molecule has 2 fully saturated rings. The van der Waals surface area contributed by atoms with Gasteiger partial charge in [-0.25, -0.2) is 0 Å². The summed E-state index contributed by atoms with van der Waals surface area (Å²) in [7, 11) is 0. The third-order valence-corrected chi connectivity index (χ3v) is 3.28. The maximum absolute atomic E-state index is 11.4. The van der Waals surface area contributed by atoms with Crippen molar-refractivity contribution in [3.8, 4) is 0 Å². The van der Waals surface area contributed by atoms with Crippen LogP contribution >= 0.6 is 0 Å². The Balaban J connectivity index is 2.35. The number of nitrogens with two attached hydrogens (primary N) is 1. The number of carbonyl (C=O) groups is 1. The average Bonchev–Trinajstić information content (AvgIpc) is 2.44. The van der Waals surface area contributed by atoms with Crippen LogP contribution in [0, 0.1) is 0 Å². The molecule has 1 amide bonds. The van der Waals surface area contributed by atoms with Gasteiger partial charge in [0, 0.05) is 6.54 Å². The first-order valence-corrected chi connectivity index (χ1v) is 5.13. The fraction of sp³-hybridized carbons (Fsp3) is 0.900. The van der Waals surface area contributed by atoms with E-state index in [1.165, 1.54) is 0 Å². The molecule has 0 aromatic heterocycles. The predicted molar refractivity (Wildman–Crippen MR) is 54.0 cm³/mol. The second-order valence-electron chi connectivity index (χ2n) is 5.23. The maximum Gasteiger partial charge on any atom is 0.240 e. The number of amides is 1. The van der Waals surface area contributed by atoms with E-state index in [-0.39, 0.29) is 6.10 Å². The summed E-state index contributed by atoms with van der Waals surface area (Å²) in [6, 6.07) is 0. The maximum atomic E-state index is 11.4. The molecule has 2 rings (SSSR count). The van der Waals surface area contributed by atoms with Gasteiger partial charge in [0.1, 0.15) is 17.2 Å². The molecule has 2 heterocycles. The zero-order valence-electron chi connectivity index (χ0n) is 9.59. The Morgan fingerprint density at radius 2 is 2.00 bits per heavy atom. The molecule has 0 saturated carbocycles. The van der Waals surface area contributed by atoms with Crippen LogP contribution in [0.5, 0.6) is 0 Å². The second-order valence-corrected chi connectivity index (χ2v) is 5.23. The molecule has 0 aliphatic carbocycles. The van der Waals surface area contributed by atoms with Gasteiger partial charge in [-0.05, 0) is 27.7 Å². The molecule has 86 valence electrons. The van der Waals surface area contributed by atoms with Crippen LogP contribution in [0.15, 0.2) is 0 Å². The van der Waals surface area contributed by atoms with Crippen LogP contribution in [0.25, 0.3) is 0 Å². The number of hydrogen-bond donors (Lipinski definition) is 2. The minimum Gasteiger partial charge on any atom is -0.368 e. The molecule has 2 saturated heterocycles. The van der Waals surface area contributed by atoms with Crippen molar-refractivity contribution in [2.24, 2.45) is 5.73 Å². The SMILES string of the molecule is CC1(C)OC2C(C)(CNC2(C)C(N)=O)O1. The van der Waals surface area contributed by atoms with Crippen LogP contribution in [0.3, 0.4) is 0 Å². The fourth-order valence-corrected chi connectivity index (χ4v) is 2.57. The van der Waals surface area contributed by atoms with Gasteiger partial charge in [0.15, 0.2) is 5.79 Å². The summed E-state index contributed by atoms with van der Waals surface area (Å²) in [5, 5.41) is 3.09. The first-order chi connectivity index (χ1) is 6.70. The van der Waals surface area contributed by atoms with E-state index in [1.54, 1.807) is 6.92 Å². The number of rotatable bonds is 1. The standard InChI is InChI=1S/C10H18N2O3/c1-8(2)14-6-9(3,15-8)5-12-10(6,4)7(11)13/h6,12H,5H2,1-4H3,(H2,11,13). The Morgan fingerprint density at radius 1 is 1.40 bits per heavy atom. The lowest BCUT2D eigenvalue weighted by molar-refractivity contribution is -0.170. The van der Waals surface area contributed by atoms with Crippen LogP contribution in [0.1, 0.15) is 27.7 Å². The number of ether oxygens (including phenoxy) is 2. The minimum atomic E-state index is -0.845. The summed E-state index contributed by atoms with van der Waals surface area (Å²) in [5.74, 6) is -1.06. The quantitative estimate of drug-likeness (QED) is 0.631. The summed E-state index contributed by atoms with van der Waals surface area (Å²) in [6.07, 6.45) is -0.336. The lowest BCUT2D eigenvalue weighted by atomic mass is 9.89. The van der Waals surface area contributed by atoms with Crippen LogP contribution in [-0.4, -0.2) is 35.5 Å². The van der Waals surface area contributed by atoms with Crippen molar-refractivity contribution in [3.05, 3.63) is 0 Å². The Hall–Kier alpha value is -0.650. The van der Waals surface area contributed by atoms with Crippen LogP contribution in [0.4, 0.5) is 0 Å². The van der Waals surface area contributed by atoms with E-state index in [9.17, 15) is 4.79 Å². The monoisotopic (exact) mass is 214 g/mol. The third kappa shape index (κ3) is 1.38. The average molecular weight is 214 g/mol. The highest BCUT2D eigenvalue weighted by molar-refractivity contribution is 5.86. The summed E-state index contributed by atoms with van der Waals surface area (Å²) < 4.78 is 11.6. The van der Waals surface area contributed by atoms with Crippen molar-refractivity contribution in [2.45, 2.75) is 50.7 Å². The number of carbonyl (C=O) groups excluding carboxylic acids is 1. The van der Waals surface area contributed by atoms with Crippen molar-refractivity contribution >= 4 is 5.91 Å². The first kappa shape index (κ1) is 10.9. The zero-order chi connectivity index (χ0) is 11.5. The van der Waals surface area contributed by atoms with Crippen molar-refractivity contribution in [1.29, 1.82) is 0 Å². The summed E-state index contributed by atoms with van der Waals surface area (Å²) in [5.41, 5.74) is 4.07. The Labute approximate surface area is 89.3 Å². The van der Waals surface area contributed by atoms with E-state index < -0.39 is 22.8 Å². The number of primary amides is 1. The third-order valence-electron chi connectivity index (χ3n) is 3.28. The van der Waals surface area contributed by atoms with Gasteiger partial charge in [0.05, 0.1) is 0 Å². The van der Waals surface area contributed by atoms with E-state index in [2.05, 4.69) is 5.32 Å². The molecule has 3 atom stereocenters. The molecular weight excluding hydrogens is 196 g/mol. The Kier molecular flexibility index (Phi) is 1.97. The highest BCUT2D eigenvalue weighted by Gasteiger charge is 2.64. The fourth-order valence-electron chi connectivity index (χ4n) is 2.57. The lowest BCUT2D eigenvalue weighted by Gasteiger charge is -2.28. The van der Waals surface area contributed by atoms with Crippen molar-refractivity contribution in [3.63, 3.8) is 0 Å². The molecular formula is C10H18N2O3. The van der Waals surface area contributed by atoms with Crippen LogP contribution in [-0.2, 0) is 14.3 Å². The molecule has 0 radical (unpaired) electrons. The van der Waals surface area contributed by atoms with Gasteiger partial charge in [0.25, 0.3) is 0 Å². The number of fused-ring (bicyclic) bond motifs is 1. The lowest BCUT2D eigenvalue weighted by Crippen LogP contribution is -2.57. The summed E-state index contributed by atoms with van der Waals surface area (Å²) >= 11 is 0. The predicted octanol–water partition coefficient (Wildman–Crippen LogP) is -0.256. The molecule has 5 heteroatoms. The second kappa shape index (κ2) is 2.72. The molecule has 3 unspecified atom stereocenters. The van der Waals surface area contributed by atoms with E-state index in [0.29, 0.717) is 6.54 Å². The minimum absolute atomic E-state index is 0.336. The molecule has 2 aliphatic rings. The normalized spacial score (nSPS) is 47.9. The van der Waals surface area contributed by atoms with Gasteiger partial charge in [-0.2, -0.15) is 0 Å². The smallest absolute Gasteiger partial charge is 0.240 e. The van der Waals surface area contributed by atoms with Crippen LogP contribution < -0.4 is 11.1 Å². The molecule has 0 aromatic carbocycles. The molecule has 0 spiro atoms. The van der Waals surface area contributed by atoms with E-state index >= 15 is 0 Å². The molecule has 3 N–H and O–H groups in total. The van der Waals surface area contributed by atoms with Gasteiger partial charge in [-0.15, -0.1) is 0 Å². The van der Waals surface area contributed by atoms with Crippen molar-refractivity contribution < 1.29 is 14.3 Å². The summed E-state index contributed by atoms with van der Waals surface area (Å²) in [6.45, 7) is 7.96.